The molecular formula is C19H13BrFN3O. The number of aromatic nitrogens is 3. The molecule has 4 nitrogen and oxygen atoms in total. The monoisotopic (exact) mass is 397 g/mol. The maximum atomic E-state index is 13.2. The molecular weight excluding hydrogens is 385 g/mol. The van der Waals surface area contributed by atoms with Gasteiger partial charge < -0.3 is 0 Å². The molecule has 2 aromatic carbocycles. The molecule has 0 aliphatic carbocycles. The summed E-state index contributed by atoms with van der Waals surface area (Å²) in [5.41, 5.74) is 4.20. The number of benzene rings is 2. The van der Waals surface area contributed by atoms with Crippen molar-refractivity contribution in [3.8, 4) is 22.4 Å². The van der Waals surface area contributed by atoms with Crippen LogP contribution in [0, 0.1) is 12.7 Å². The van der Waals surface area contributed by atoms with E-state index < -0.39 is 0 Å². The van der Waals surface area contributed by atoms with Crippen molar-refractivity contribution in [2.45, 2.75) is 6.92 Å². The molecule has 2 aromatic heterocycles. The van der Waals surface area contributed by atoms with Crippen LogP contribution in [0.4, 0.5) is 4.39 Å². The van der Waals surface area contributed by atoms with Crippen LogP contribution >= 0.6 is 15.9 Å². The maximum Gasteiger partial charge on any atom is 0.273 e. The van der Waals surface area contributed by atoms with Gasteiger partial charge in [0.15, 0.2) is 5.65 Å². The molecule has 6 heteroatoms. The van der Waals surface area contributed by atoms with E-state index in [1.165, 1.54) is 22.7 Å². The second-order valence-corrected chi connectivity index (χ2v) is 6.68. The quantitative estimate of drug-likeness (QED) is 0.538. The predicted octanol–water partition coefficient (Wildman–Crippen LogP) is 4.57. The molecule has 4 aromatic rings. The molecule has 0 aliphatic rings. The summed E-state index contributed by atoms with van der Waals surface area (Å²) in [6.07, 6.45) is 0. The zero-order chi connectivity index (χ0) is 17.6. The second kappa shape index (κ2) is 5.97. The molecule has 0 saturated carbocycles. The van der Waals surface area contributed by atoms with Gasteiger partial charge in [-0.15, -0.1) is 0 Å². The van der Waals surface area contributed by atoms with Crippen LogP contribution in [0.25, 0.3) is 28.0 Å². The van der Waals surface area contributed by atoms with Crippen LogP contribution in [-0.2, 0) is 0 Å². The van der Waals surface area contributed by atoms with Crippen LogP contribution in [0.15, 0.2) is 63.9 Å². The summed E-state index contributed by atoms with van der Waals surface area (Å²) in [5.74, 6) is -0.325. The van der Waals surface area contributed by atoms with Crippen molar-refractivity contribution in [1.82, 2.24) is 14.6 Å². The van der Waals surface area contributed by atoms with E-state index in [9.17, 15) is 9.18 Å². The van der Waals surface area contributed by atoms with Gasteiger partial charge in [0.05, 0.1) is 5.69 Å². The van der Waals surface area contributed by atoms with Gasteiger partial charge in [0.2, 0.25) is 0 Å². The van der Waals surface area contributed by atoms with Gasteiger partial charge in [-0.05, 0) is 48.9 Å². The van der Waals surface area contributed by atoms with Gasteiger partial charge >= 0.3 is 0 Å². The minimum Gasteiger partial charge on any atom is -0.293 e. The normalized spacial score (nSPS) is 11.2. The van der Waals surface area contributed by atoms with Crippen LogP contribution in [0.2, 0.25) is 0 Å². The summed E-state index contributed by atoms with van der Waals surface area (Å²) in [6, 6.07) is 15.2. The molecule has 124 valence electrons. The van der Waals surface area contributed by atoms with Crippen LogP contribution in [-0.4, -0.2) is 14.6 Å². The zero-order valence-electron chi connectivity index (χ0n) is 13.3. The number of hydrogen-bond acceptors (Lipinski definition) is 2. The first-order valence-corrected chi connectivity index (χ1v) is 8.46. The van der Waals surface area contributed by atoms with Gasteiger partial charge in [-0.1, -0.05) is 28.1 Å². The average Bonchev–Trinajstić information content (AvgIpc) is 2.92. The fourth-order valence-electron chi connectivity index (χ4n) is 2.91. The lowest BCUT2D eigenvalue weighted by molar-refractivity contribution is 0.628. The maximum absolute atomic E-state index is 13.2. The number of nitrogens with one attached hydrogen (secondary N) is 1. The third-order valence-electron chi connectivity index (χ3n) is 4.05. The van der Waals surface area contributed by atoms with Crippen LogP contribution in [0.3, 0.4) is 0 Å². The van der Waals surface area contributed by atoms with E-state index in [2.05, 4.69) is 26.0 Å². The molecule has 25 heavy (non-hydrogen) atoms. The molecule has 0 saturated heterocycles. The molecule has 2 heterocycles. The summed E-state index contributed by atoms with van der Waals surface area (Å²) < 4.78 is 15.5. The van der Waals surface area contributed by atoms with E-state index in [4.69, 9.17) is 0 Å². The fraction of sp³-hybridized carbons (Fsp3) is 0.0526. The molecule has 0 amide bonds. The topological polar surface area (TPSA) is 50.2 Å². The van der Waals surface area contributed by atoms with E-state index in [0.29, 0.717) is 16.9 Å². The number of hydrogen-bond donors (Lipinski definition) is 1. The van der Waals surface area contributed by atoms with Crippen molar-refractivity contribution in [3.63, 3.8) is 0 Å². The van der Waals surface area contributed by atoms with Gasteiger partial charge in [0, 0.05) is 27.4 Å². The van der Waals surface area contributed by atoms with Crippen molar-refractivity contribution < 1.29 is 4.39 Å². The van der Waals surface area contributed by atoms with Crippen molar-refractivity contribution in [1.29, 1.82) is 0 Å². The van der Waals surface area contributed by atoms with Gasteiger partial charge in [0.1, 0.15) is 5.82 Å². The Labute approximate surface area is 151 Å². The number of nitrogens with zero attached hydrogens (tertiary/aromatic N) is 2. The Bertz CT molecular complexity index is 1150. The van der Waals surface area contributed by atoms with E-state index >= 15 is 0 Å². The first-order valence-electron chi connectivity index (χ1n) is 7.67. The summed E-state index contributed by atoms with van der Waals surface area (Å²) in [7, 11) is 0. The Hall–Kier alpha value is -2.73. The first-order chi connectivity index (χ1) is 12.0. The number of H-pyrrole nitrogens is 1. The molecule has 0 spiro atoms. The fourth-order valence-corrected chi connectivity index (χ4v) is 3.31. The molecule has 0 fully saturated rings. The van der Waals surface area contributed by atoms with Crippen molar-refractivity contribution >= 4 is 21.6 Å². The van der Waals surface area contributed by atoms with Crippen LogP contribution in [0.1, 0.15) is 5.69 Å². The summed E-state index contributed by atoms with van der Waals surface area (Å²) in [4.78, 5) is 17.2. The molecule has 1 N–H and O–H groups in total. The van der Waals surface area contributed by atoms with E-state index in [1.807, 2.05) is 31.2 Å². The van der Waals surface area contributed by atoms with E-state index in [0.717, 1.165) is 21.3 Å². The van der Waals surface area contributed by atoms with E-state index in [-0.39, 0.29) is 11.4 Å². The van der Waals surface area contributed by atoms with Crippen molar-refractivity contribution in [3.05, 3.63) is 80.9 Å². The smallest absolute Gasteiger partial charge is 0.273 e. The largest absolute Gasteiger partial charge is 0.293 e. The Balaban J connectivity index is 2.00. The van der Waals surface area contributed by atoms with Gasteiger partial charge in [-0.25, -0.2) is 13.9 Å². The standard InChI is InChI=1S/C19H13BrFN3O/c1-11-18(13-3-2-4-14(20)9-13)19-22-16(10-17(25)24(19)23-11)12-5-7-15(21)8-6-12/h2-10,23H,1H3. The second-order valence-electron chi connectivity index (χ2n) is 5.77. The van der Waals surface area contributed by atoms with Crippen LogP contribution < -0.4 is 5.56 Å². The summed E-state index contributed by atoms with van der Waals surface area (Å²) >= 11 is 3.47. The number of fused-ring (bicyclic) bond motifs is 1. The van der Waals surface area contributed by atoms with Gasteiger partial charge in [-0.3, -0.25) is 9.89 Å². The van der Waals surface area contributed by atoms with E-state index in [1.54, 1.807) is 12.1 Å². The summed E-state index contributed by atoms with van der Waals surface area (Å²) in [5, 5.41) is 3.07. The minimum atomic E-state index is -0.325. The van der Waals surface area contributed by atoms with Gasteiger partial charge in [0.25, 0.3) is 5.56 Å². The molecule has 0 unspecified atom stereocenters. The zero-order valence-corrected chi connectivity index (χ0v) is 14.8. The highest BCUT2D eigenvalue weighted by molar-refractivity contribution is 9.10. The molecule has 0 atom stereocenters. The molecule has 4 rings (SSSR count). The Morgan fingerprint density at radius 2 is 1.84 bits per heavy atom. The summed E-state index contributed by atoms with van der Waals surface area (Å²) in [6.45, 7) is 1.90. The highest BCUT2D eigenvalue weighted by Crippen LogP contribution is 2.29. The lowest BCUT2D eigenvalue weighted by Gasteiger charge is -2.04. The Morgan fingerprint density at radius 1 is 1.08 bits per heavy atom. The predicted molar refractivity (Wildman–Crippen MR) is 99.1 cm³/mol. The number of halogens is 2. The highest BCUT2D eigenvalue weighted by Gasteiger charge is 2.15. The third-order valence-corrected chi connectivity index (χ3v) is 4.54. The Kier molecular flexibility index (Phi) is 3.77. The number of rotatable bonds is 2. The van der Waals surface area contributed by atoms with Crippen molar-refractivity contribution in [2.24, 2.45) is 0 Å². The van der Waals surface area contributed by atoms with Crippen molar-refractivity contribution in [2.75, 3.05) is 0 Å². The number of aryl methyl sites for hydroxylation is 1. The third kappa shape index (κ3) is 2.78. The first kappa shape index (κ1) is 15.8. The Morgan fingerprint density at radius 3 is 2.56 bits per heavy atom. The minimum absolute atomic E-state index is 0.214. The molecule has 0 aliphatic heterocycles. The lowest BCUT2D eigenvalue weighted by atomic mass is 10.1. The SMILES string of the molecule is Cc1[nH]n2c(=O)cc(-c3ccc(F)cc3)nc2c1-c1cccc(Br)c1. The van der Waals surface area contributed by atoms with Gasteiger partial charge in [-0.2, -0.15) is 0 Å². The lowest BCUT2D eigenvalue weighted by Crippen LogP contribution is -2.14. The highest BCUT2D eigenvalue weighted by atomic mass is 79.9. The number of aromatic amines is 1. The molecule has 0 radical (unpaired) electrons. The average molecular weight is 398 g/mol. The van der Waals surface area contributed by atoms with Crippen LogP contribution in [0.5, 0.6) is 0 Å². The molecule has 0 bridgehead atoms.